The monoisotopic (exact) mass is 429 g/mol. The van der Waals surface area contributed by atoms with Crippen molar-refractivity contribution < 1.29 is 47.6 Å². The zero-order chi connectivity index (χ0) is 20.2. The Morgan fingerprint density at radius 3 is 1.46 bits per heavy atom. The molecule has 28 heavy (non-hydrogen) atoms. The summed E-state index contributed by atoms with van der Waals surface area (Å²) in [5.41, 5.74) is 0. The Labute approximate surface area is 196 Å². The molecule has 0 rings (SSSR count). The summed E-state index contributed by atoms with van der Waals surface area (Å²) < 4.78 is 31.5. The Bertz CT molecular complexity index is 407. The van der Waals surface area contributed by atoms with Gasteiger partial charge in [0.2, 0.25) is 0 Å². The first-order valence-corrected chi connectivity index (χ1v) is 12.9. The van der Waals surface area contributed by atoms with E-state index in [0.717, 1.165) is 19.4 Å². The van der Waals surface area contributed by atoms with Crippen LogP contribution in [0.15, 0.2) is 0 Å². The van der Waals surface area contributed by atoms with Gasteiger partial charge >= 0.3 is 29.6 Å². The van der Waals surface area contributed by atoms with Gasteiger partial charge in [0, 0.05) is 6.54 Å². The molecule has 0 fully saturated rings. The SMILES string of the molecule is CCCCCCCCCCCCCCCCCCNCC(O)CS(=O)(=O)[O-].[Na+]. The molecular weight excluding hydrogens is 385 g/mol. The number of unbranched alkanes of at least 4 members (excludes halogenated alkanes) is 15. The largest absolute Gasteiger partial charge is 1.00 e. The first kappa shape index (κ1) is 31.0. The molecule has 0 heterocycles. The number of nitrogens with one attached hydrogen (secondary N) is 1. The van der Waals surface area contributed by atoms with E-state index in [-0.39, 0.29) is 36.1 Å². The molecule has 164 valence electrons. The van der Waals surface area contributed by atoms with E-state index in [4.69, 9.17) is 0 Å². The summed E-state index contributed by atoms with van der Waals surface area (Å²) in [7, 11) is -4.34. The van der Waals surface area contributed by atoms with Crippen LogP contribution in [0.4, 0.5) is 0 Å². The molecule has 0 aliphatic rings. The van der Waals surface area contributed by atoms with Crippen LogP contribution in [0.25, 0.3) is 0 Å². The quantitative estimate of drug-likeness (QED) is 0.165. The van der Waals surface area contributed by atoms with E-state index in [1.807, 2.05) is 0 Å². The average Bonchev–Trinajstić information content (AvgIpc) is 2.59. The molecule has 0 saturated heterocycles. The second kappa shape index (κ2) is 22.5. The van der Waals surface area contributed by atoms with Crippen molar-refractivity contribution in [1.82, 2.24) is 5.32 Å². The van der Waals surface area contributed by atoms with Gasteiger partial charge in [0.1, 0.15) is 0 Å². The van der Waals surface area contributed by atoms with Crippen LogP contribution in [0.1, 0.15) is 110 Å². The number of rotatable bonds is 21. The summed E-state index contributed by atoms with van der Waals surface area (Å²) in [6.07, 6.45) is 20.3. The predicted octanol–water partition coefficient (Wildman–Crippen LogP) is 1.75. The van der Waals surface area contributed by atoms with Crippen LogP contribution in [-0.2, 0) is 10.1 Å². The molecule has 0 aromatic rings. The molecule has 0 aliphatic carbocycles. The van der Waals surface area contributed by atoms with Crippen molar-refractivity contribution in [3.63, 3.8) is 0 Å². The third kappa shape index (κ3) is 26.8. The standard InChI is InChI=1S/C21H45NO4S.Na/c1-2-3-4-5-6-7-8-9-10-11-12-13-14-15-16-17-18-22-19-21(23)20-27(24,25)26;/h21-23H,2-20H2,1H3,(H,24,25,26);/q;+1/p-1. The van der Waals surface area contributed by atoms with Crippen molar-refractivity contribution in [1.29, 1.82) is 0 Å². The Balaban J connectivity index is 0. The molecule has 7 heteroatoms. The zero-order valence-corrected chi connectivity index (χ0v) is 21.4. The third-order valence-electron chi connectivity index (χ3n) is 4.98. The van der Waals surface area contributed by atoms with Gasteiger partial charge in [-0.25, -0.2) is 8.42 Å². The maximum Gasteiger partial charge on any atom is 1.00 e. The molecule has 0 radical (unpaired) electrons. The molecule has 1 unspecified atom stereocenters. The topological polar surface area (TPSA) is 89.5 Å². The van der Waals surface area contributed by atoms with Crippen LogP contribution in [0.2, 0.25) is 0 Å². The van der Waals surface area contributed by atoms with Crippen LogP contribution in [-0.4, -0.2) is 43.0 Å². The second-order valence-electron chi connectivity index (χ2n) is 7.89. The van der Waals surface area contributed by atoms with E-state index in [1.165, 1.54) is 89.9 Å². The van der Waals surface area contributed by atoms with Gasteiger partial charge in [-0.1, -0.05) is 103 Å². The first-order chi connectivity index (χ1) is 13.0. The van der Waals surface area contributed by atoms with E-state index in [1.54, 1.807) is 0 Å². The van der Waals surface area contributed by atoms with Gasteiger partial charge in [0.15, 0.2) is 0 Å². The summed E-state index contributed by atoms with van der Waals surface area (Å²) in [4.78, 5) is 0. The molecule has 0 aliphatic heterocycles. The van der Waals surface area contributed by atoms with Gasteiger partial charge in [0.25, 0.3) is 0 Å². The fraction of sp³-hybridized carbons (Fsp3) is 1.00. The minimum absolute atomic E-state index is 0. The van der Waals surface area contributed by atoms with Gasteiger partial charge in [-0.3, -0.25) is 0 Å². The van der Waals surface area contributed by atoms with Crippen molar-refractivity contribution in [2.45, 2.75) is 116 Å². The van der Waals surface area contributed by atoms with Gasteiger partial charge in [-0.2, -0.15) is 0 Å². The summed E-state index contributed by atoms with van der Waals surface area (Å²) in [5.74, 6) is -0.709. The van der Waals surface area contributed by atoms with Gasteiger partial charge in [0.05, 0.1) is 22.0 Å². The Kier molecular flexibility index (Phi) is 24.9. The minimum atomic E-state index is -4.34. The Morgan fingerprint density at radius 1 is 0.750 bits per heavy atom. The van der Waals surface area contributed by atoms with E-state index < -0.39 is 22.0 Å². The summed E-state index contributed by atoms with van der Waals surface area (Å²) in [5, 5.41) is 12.4. The Morgan fingerprint density at radius 2 is 1.11 bits per heavy atom. The molecule has 0 spiro atoms. The normalized spacial score (nSPS) is 12.7. The molecule has 1 atom stereocenters. The van der Waals surface area contributed by atoms with E-state index >= 15 is 0 Å². The number of aliphatic hydroxyl groups is 1. The van der Waals surface area contributed by atoms with Gasteiger partial charge in [-0.05, 0) is 13.0 Å². The molecule has 0 aromatic carbocycles. The van der Waals surface area contributed by atoms with Crippen LogP contribution in [0.5, 0.6) is 0 Å². The fourth-order valence-corrected chi connectivity index (χ4v) is 3.95. The van der Waals surface area contributed by atoms with Crippen LogP contribution in [0.3, 0.4) is 0 Å². The molecule has 0 bridgehead atoms. The number of hydrogen-bond acceptors (Lipinski definition) is 5. The van der Waals surface area contributed by atoms with Crippen molar-refractivity contribution in [3.05, 3.63) is 0 Å². The summed E-state index contributed by atoms with van der Waals surface area (Å²) in [6, 6.07) is 0. The van der Waals surface area contributed by atoms with E-state index in [9.17, 15) is 18.1 Å². The predicted molar refractivity (Wildman–Crippen MR) is 113 cm³/mol. The molecule has 5 nitrogen and oxygen atoms in total. The summed E-state index contributed by atoms with van der Waals surface area (Å²) in [6.45, 7) is 3.19. The average molecular weight is 430 g/mol. The van der Waals surface area contributed by atoms with Crippen molar-refractivity contribution in [2.24, 2.45) is 0 Å². The van der Waals surface area contributed by atoms with Crippen molar-refractivity contribution in [3.8, 4) is 0 Å². The van der Waals surface area contributed by atoms with Gasteiger partial charge < -0.3 is 15.0 Å². The summed E-state index contributed by atoms with van der Waals surface area (Å²) >= 11 is 0. The third-order valence-corrected chi connectivity index (χ3v) is 5.78. The molecule has 2 N–H and O–H groups in total. The maximum atomic E-state index is 10.5. The van der Waals surface area contributed by atoms with E-state index in [0.29, 0.717) is 0 Å². The minimum Gasteiger partial charge on any atom is -0.748 e. The fourth-order valence-electron chi connectivity index (χ4n) is 3.36. The van der Waals surface area contributed by atoms with E-state index in [2.05, 4.69) is 12.2 Å². The van der Waals surface area contributed by atoms with Crippen molar-refractivity contribution >= 4 is 10.1 Å². The van der Waals surface area contributed by atoms with Crippen molar-refractivity contribution in [2.75, 3.05) is 18.8 Å². The smallest absolute Gasteiger partial charge is 0.748 e. The number of hydrogen-bond donors (Lipinski definition) is 2. The Hall–Kier alpha value is 0.830. The second-order valence-corrected chi connectivity index (χ2v) is 9.33. The molecule has 0 amide bonds. The molecule has 0 aromatic heterocycles. The van der Waals surface area contributed by atoms with Crippen LogP contribution in [0, 0.1) is 0 Å². The van der Waals surface area contributed by atoms with Crippen LogP contribution < -0.4 is 34.9 Å². The van der Waals surface area contributed by atoms with Gasteiger partial charge in [-0.15, -0.1) is 0 Å². The molecular formula is C21H44NNaO4S. The maximum absolute atomic E-state index is 10.5. The molecule has 0 saturated carbocycles. The first-order valence-electron chi connectivity index (χ1n) is 11.3. The zero-order valence-electron chi connectivity index (χ0n) is 18.6. The van der Waals surface area contributed by atoms with Crippen LogP contribution >= 0.6 is 0 Å². The number of aliphatic hydroxyl groups excluding tert-OH is 1.